The van der Waals surface area contributed by atoms with Gasteiger partial charge in [0.15, 0.2) is 0 Å². The predicted molar refractivity (Wildman–Crippen MR) is 70.2 cm³/mol. The van der Waals surface area contributed by atoms with Crippen molar-refractivity contribution in [3.63, 3.8) is 0 Å². The van der Waals surface area contributed by atoms with Gasteiger partial charge in [-0.1, -0.05) is 50.0 Å². The van der Waals surface area contributed by atoms with Gasteiger partial charge in [-0.05, 0) is 25.8 Å². The van der Waals surface area contributed by atoms with Gasteiger partial charge in [0.25, 0.3) is 0 Å². The van der Waals surface area contributed by atoms with Crippen LogP contribution in [-0.2, 0) is 0 Å². The first-order valence-electron chi connectivity index (χ1n) is 6.07. The monoisotopic (exact) mass is 226 g/mol. The van der Waals surface area contributed by atoms with Crippen molar-refractivity contribution in [1.82, 2.24) is 0 Å². The molecule has 0 unspecified atom stereocenters. The van der Waals surface area contributed by atoms with E-state index in [2.05, 4.69) is 11.8 Å². The summed E-state index contributed by atoms with van der Waals surface area (Å²) in [6.07, 6.45) is 14.0. The third-order valence-corrected chi connectivity index (χ3v) is 2.55. The smallest absolute Gasteiger partial charge is 0.0223 e. The lowest BCUT2D eigenvalue weighted by Gasteiger charge is -1.98. The summed E-state index contributed by atoms with van der Waals surface area (Å²) in [5, 5.41) is 0. The zero-order valence-electron chi connectivity index (χ0n) is 9.90. The highest BCUT2D eigenvalue weighted by Crippen LogP contribution is 2.08. The fraction of sp³-hybridized carbons (Fsp3) is 0.714. The number of halogens is 1. The van der Waals surface area contributed by atoms with Crippen LogP contribution in [0.2, 0.25) is 0 Å². The summed E-state index contributed by atoms with van der Waals surface area (Å²) in [5.74, 6) is 6.97. The van der Waals surface area contributed by atoms with Gasteiger partial charge in [-0.25, -0.2) is 0 Å². The van der Waals surface area contributed by atoms with Crippen molar-refractivity contribution in [2.75, 3.05) is 5.88 Å². The van der Waals surface area contributed by atoms with Crippen molar-refractivity contribution in [2.45, 2.75) is 58.3 Å². The average Bonchev–Trinajstić information content (AvgIpc) is 2.26. The van der Waals surface area contributed by atoms with E-state index in [1.807, 2.05) is 19.1 Å². The van der Waals surface area contributed by atoms with Crippen molar-refractivity contribution in [3.05, 3.63) is 12.2 Å². The summed E-state index contributed by atoms with van der Waals surface area (Å²) in [6, 6.07) is 0. The molecule has 0 aliphatic rings. The molecule has 0 aromatic carbocycles. The van der Waals surface area contributed by atoms with Gasteiger partial charge in [-0.2, -0.15) is 0 Å². The molecule has 0 aliphatic heterocycles. The molecule has 0 aromatic rings. The number of hydrogen-bond acceptors (Lipinski definition) is 0. The largest absolute Gasteiger partial charge is 0.127 e. The van der Waals surface area contributed by atoms with E-state index in [0.717, 1.165) is 12.3 Å². The minimum absolute atomic E-state index is 0.820. The minimum atomic E-state index is 0.820. The van der Waals surface area contributed by atoms with E-state index in [1.165, 1.54) is 44.9 Å². The third kappa shape index (κ3) is 13.6. The van der Waals surface area contributed by atoms with Gasteiger partial charge in [0.05, 0.1) is 0 Å². The number of unbranched alkanes of at least 4 members (excludes halogenated alkanes) is 7. The van der Waals surface area contributed by atoms with Crippen molar-refractivity contribution >= 4 is 11.6 Å². The molecule has 0 rings (SSSR count). The highest BCUT2D eigenvalue weighted by Gasteiger charge is 1.90. The summed E-state index contributed by atoms with van der Waals surface area (Å²) in [7, 11) is 0. The van der Waals surface area contributed by atoms with Gasteiger partial charge in [-0.15, -0.1) is 11.6 Å². The topological polar surface area (TPSA) is 0 Å². The van der Waals surface area contributed by atoms with Crippen LogP contribution >= 0.6 is 11.6 Å². The molecule has 0 aromatic heterocycles. The van der Waals surface area contributed by atoms with Crippen LogP contribution in [0.4, 0.5) is 0 Å². The Labute approximate surface area is 100 Å². The van der Waals surface area contributed by atoms with Crippen molar-refractivity contribution in [2.24, 2.45) is 0 Å². The molecular formula is C14H23Cl. The maximum absolute atomic E-state index is 5.60. The summed E-state index contributed by atoms with van der Waals surface area (Å²) in [6.45, 7) is 2.00. The minimum Gasteiger partial charge on any atom is -0.127 e. The molecule has 0 saturated heterocycles. The lowest BCUT2D eigenvalue weighted by atomic mass is 10.1. The van der Waals surface area contributed by atoms with Crippen molar-refractivity contribution in [3.8, 4) is 11.8 Å². The van der Waals surface area contributed by atoms with Crippen molar-refractivity contribution in [1.29, 1.82) is 0 Å². The lowest BCUT2D eigenvalue weighted by molar-refractivity contribution is 0.595. The first-order chi connectivity index (χ1) is 7.41. The Kier molecular flexibility index (Phi) is 13.2. The number of allylic oxidation sites excluding steroid dienone is 2. The van der Waals surface area contributed by atoms with E-state index in [9.17, 15) is 0 Å². The molecule has 0 heterocycles. The van der Waals surface area contributed by atoms with Crippen LogP contribution in [0.5, 0.6) is 0 Å². The molecular weight excluding hydrogens is 204 g/mol. The standard InChI is InChI=1S/C14H23Cl/c1-2-3-4-5-6-7-8-9-10-11-12-13-14-15/h2-3H,6-14H2,1H3. The Bertz CT molecular complexity index is 195. The Morgan fingerprint density at radius 3 is 2.13 bits per heavy atom. The molecule has 0 amide bonds. The third-order valence-electron chi connectivity index (χ3n) is 2.29. The van der Waals surface area contributed by atoms with Gasteiger partial charge < -0.3 is 0 Å². The van der Waals surface area contributed by atoms with Gasteiger partial charge in [-0.3, -0.25) is 0 Å². The molecule has 1 heteroatoms. The number of alkyl halides is 1. The molecule has 0 radical (unpaired) electrons. The number of rotatable bonds is 8. The van der Waals surface area contributed by atoms with Crippen LogP contribution in [0, 0.1) is 11.8 Å². The van der Waals surface area contributed by atoms with Gasteiger partial charge in [0.2, 0.25) is 0 Å². The second-order valence-corrected chi connectivity index (χ2v) is 4.11. The van der Waals surface area contributed by atoms with E-state index in [-0.39, 0.29) is 0 Å². The van der Waals surface area contributed by atoms with Gasteiger partial charge in [0, 0.05) is 12.3 Å². The fourth-order valence-electron chi connectivity index (χ4n) is 1.41. The normalized spacial score (nSPS) is 10.3. The zero-order valence-corrected chi connectivity index (χ0v) is 10.7. The van der Waals surface area contributed by atoms with Crippen LogP contribution in [0.1, 0.15) is 58.3 Å². The maximum Gasteiger partial charge on any atom is 0.0223 e. The summed E-state index contributed by atoms with van der Waals surface area (Å²) < 4.78 is 0. The Balaban J connectivity index is 3.02. The van der Waals surface area contributed by atoms with Crippen LogP contribution in [0.25, 0.3) is 0 Å². The summed E-state index contributed by atoms with van der Waals surface area (Å²) in [5.41, 5.74) is 0. The zero-order chi connectivity index (χ0) is 11.2. The first-order valence-corrected chi connectivity index (χ1v) is 6.60. The molecule has 0 spiro atoms. The molecule has 0 fully saturated rings. The molecule has 0 saturated carbocycles. The van der Waals surface area contributed by atoms with Crippen LogP contribution in [-0.4, -0.2) is 5.88 Å². The molecule has 15 heavy (non-hydrogen) atoms. The second kappa shape index (κ2) is 13.6. The highest BCUT2D eigenvalue weighted by molar-refractivity contribution is 6.17. The Hall–Kier alpha value is -0.410. The fourth-order valence-corrected chi connectivity index (χ4v) is 1.60. The Morgan fingerprint density at radius 1 is 0.933 bits per heavy atom. The quantitative estimate of drug-likeness (QED) is 0.313. The highest BCUT2D eigenvalue weighted by atomic mass is 35.5. The SMILES string of the molecule is CC=CC#CCCCCCCCCCCl. The molecule has 0 aliphatic carbocycles. The molecule has 0 nitrogen and oxygen atoms in total. The lowest BCUT2D eigenvalue weighted by Crippen LogP contribution is -1.81. The first kappa shape index (κ1) is 14.6. The molecule has 0 N–H and O–H groups in total. The molecule has 0 atom stereocenters. The number of hydrogen-bond donors (Lipinski definition) is 0. The van der Waals surface area contributed by atoms with Crippen molar-refractivity contribution < 1.29 is 0 Å². The van der Waals surface area contributed by atoms with Crippen LogP contribution in [0.15, 0.2) is 12.2 Å². The molecule has 0 bridgehead atoms. The average molecular weight is 227 g/mol. The summed E-state index contributed by atoms with van der Waals surface area (Å²) in [4.78, 5) is 0. The predicted octanol–water partition coefficient (Wildman–Crippen LogP) is 4.93. The van der Waals surface area contributed by atoms with Crippen LogP contribution < -0.4 is 0 Å². The second-order valence-electron chi connectivity index (χ2n) is 3.73. The molecule has 86 valence electrons. The van der Waals surface area contributed by atoms with E-state index >= 15 is 0 Å². The van der Waals surface area contributed by atoms with E-state index in [4.69, 9.17) is 11.6 Å². The summed E-state index contributed by atoms with van der Waals surface area (Å²) >= 11 is 5.60. The van der Waals surface area contributed by atoms with E-state index in [0.29, 0.717) is 0 Å². The van der Waals surface area contributed by atoms with E-state index < -0.39 is 0 Å². The van der Waals surface area contributed by atoms with Gasteiger partial charge >= 0.3 is 0 Å². The maximum atomic E-state index is 5.60. The van der Waals surface area contributed by atoms with Crippen LogP contribution in [0.3, 0.4) is 0 Å². The Morgan fingerprint density at radius 2 is 1.53 bits per heavy atom. The van der Waals surface area contributed by atoms with Gasteiger partial charge in [0.1, 0.15) is 0 Å². The van der Waals surface area contributed by atoms with E-state index in [1.54, 1.807) is 0 Å².